The van der Waals surface area contributed by atoms with Gasteiger partial charge in [0, 0.05) is 12.5 Å². The van der Waals surface area contributed by atoms with Gasteiger partial charge in [-0.1, -0.05) is 13.8 Å². The van der Waals surface area contributed by atoms with Gasteiger partial charge in [0.25, 0.3) is 0 Å². The summed E-state index contributed by atoms with van der Waals surface area (Å²) in [6.07, 6.45) is 5.65. The van der Waals surface area contributed by atoms with E-state index in [-0.39, 0.29) is 17.9 Å². The minimum Gasteiger partial charge on any atom is -0.351 e. The maximum Gasteiger partial charge on any atom is 0.237 e. The molecule has 0 rings (SSSR count). The summed E-state index contributed by atoms with van der Waals surface area (Å²) in [5.41, 5.74) is 5.64. The quantitative estimate of drug-likeness (QED) is 0.622. The molecule has 0 radical (unpaired) electrons. The molecule has 0 aromatic rings. The van der Waals surface area contributed by atoms with Crippen LogP contribution in [0.15, 0.2) is 0 Å². The number of rotatable bonds is 4. The Bertz CT molecular complexity index is 205. The second-order valence-electron chi connectivity index (χ2n) is 3.59. The van der Waals surface area contributed by atoms with Crippen molar-refractivity contribution < 1.29 is 4.79 Å². The fraction of sp³-hybridized carbons (Fsp3) is 0.700. The maximum atomic E-state index is 11.4. The second-order valence-corrected chi connectivity index (χ2v) is 3.59. The molecule has 0 fully saturated rings. The zero-order valence-electron chi connectivity index (χ0n) is 8.50. The lowest BCUT2D eigenvalue weighted by Crippen LogP contribution is -2.46. The average Bonchev–Trinajstić information content (AvgIpc) is 2.03. The van der Waals surface area contributed by atoms with Crippen LogP contribution in [0.2, 0.25) is 0 Å². The van der Waals surface area contributed by atoms with Crippen LogP contribution in [0.1, 0.15) is 27.2 Å². The first-order valence-electron chi connectivity index (χ1n) is 4.48. The van der Waals surface area contributed by atoms with Crippen LogP contribution in [0.25, 0.3) is 0 Å². The zero-order valence-corrected chi connectivity index (χ0v) is 8.50. The van der Waals surface area contributed by atoms with Crippen molar-refractivity contribution >= 4 is 5.91 Å². The van der Waals surface area contributed by atoms with E-state index in [1.807, 2.05) is 20.8 Å². The Hall–Kier alpha value is -1.01. The SMILES string of the molecule is C#CCC(C)NC(=O)[C@H](N)C(C)C. The number of nitrogens with one attached hydrogen (secondary N) is 1. The van der Waals surface area contributed by atoms with Crippen LogP contribution in [0, 0.1) is 18.3 Å². The molecular formula is C10H18N2O. The number of amides is 1. The van der Waals surface area contributed by atoms with Crippen molar-refractivity contribution in [3.05, 3.63) is 0 Å². The third-order valence-corrected chi connectivity index (χ3v) is 1.83. The Morgan fingerprint density at radius 3 is 2.46 bits per heavy atom. The Morgan fingerprint density at radius 2 is 2.08 bits per heavy atom. The molecule has 74 valence electrons. The fourth-order valence-corrected chi connectivity index (χ4v) is 0.870. The van der Waals surface area contributed by atoms with Crippen molar-refractivity contribution in [1.82, 2.24) is 5.32 Å². The molecule has 0 bridgehead atoms. The molecule has 0 aromatic carbocycles. The largest absolute Gasteiger partial charge is 0.351 e. The van der Waals surface area contributed by atoms with Crippen LogP contribution in [0.3, 0.4) is 0 Å². The predicted molar refractivity (Wildman–Crippen MR) is 53.9 cm³/mol. The molecule has 1 unspecified atom stereocenters. The lowest BCUT2D eigenvalue weighted by molar-refractivity contribution is -0.123. The molecule has 0 aliphatic heterocycles. The summed E-state index contributed by atoms with van der Waals surface area (Å²) in [5.74, 6) is 2.51. The van der Waals surface area contributed by atoms with Crippen LogP contribution in [-0.2, 0) is 4.79 Å². The van der Waals surface area contributed by atoms with Gasteiger partial charge in [0.05, 0.1) is 6.04 Å². The third-order valence-electron chi connectivity index (χ3n) is 1.83. The van der Waals surface area contributed by atoms with Crippen LogP contribution in [0.5, 0.6) is 0 Å². The molecule has 1 amide bonds. The van der Waals surface area contributed by atoms with Gasteiger partial charge in [-0.2, -0.15) is 0 Å². The van der Waals surface area contributed by atoms with Gasteiger partial charge in [-0.05, 0) is 12.8 Å². The first-order valence-corrected chi connectivity index (χ1v) is 4.48. The van der Waals surface area contributed by atoms with Crippen LogP contribution < -0.4 is 11.1 Å². The van der Waals surface area contributed by atoms with E-state index in [1.54, 1.807) is 0 Å². The van der Waals surface area contributed by atoms with Gasteiger partial charge in [-0.15, -0.1) is 12.3 Å². The van der Waals surface area contributed by atoms with E-state index in [2.05, 4.69) is 11.2 Å². The zero-order chi connectivity index (χ0) is 10.4. The summed E-state index contributed by atoms with van der Waals surface area (Å²) in [6.45, 7) is 5.69. The first kappa shape index (κ1) is 12.0. The van der Waals surface area contributed by atoms with E-state index in [0.717, 1.165) is 0 Å². The number of hydrogen-bond acceptors (Lipinski definition) is 2. The van der Waals surface area contributed by atoms with Crippen molar-refractivity contribution in [2.24, 2.45) is 11.7 Å². The minimum absolute atomic E-state index is 0.00213. The van der Waals surface area contributed by atoms with Crippen molar-refractivity contribution in [2.45, 2.75) is 39.3 Å². The lowest BCUT2D eigenvalue weighted by atomic mass is 10.0. The molecule has 0 saturated heterocycles. The highest BCUT2D eigenvalue weighted by Crippen LogP contribution is 1.99. The summed E-state index contributed by atoms with van der Waals surface area (Å²) < 4.78 is 0. The lowest BCUT2D eigenvalue weighted by Gasteiger charge is -2.18. The van der Waals surface area contributed by atoms with Crippen LogP contribution >= 0.6 is 0 Å². The summed E-state index contributed by atoms with van der Waals surface area (Å²) in [4.78, 5) is 11.4. The highest BCUT2D eigenvalue weighted by molar-refractivity contribution is 5.81. The second kappa shape index (κ2) is 5.60. The highest BCUT2D eigenvalue weighted by Gasteiger charge is 2.18. The summed E-state index contributed by atoms with van der Waals surface area (Å²) in [5, 5.41) is 2.76. The van der Waals surface area contributed by atoms with Gasteiger partial charge in [0.15, 0.2) is 0 Å². The molecular weight excluding hydrogens is 164 g/mol. The van der Waals surface area contributed by atoms with Crippen molar-refractivity contribution in [3.63, 3.8) is 0 Å². The molecule has 0 saturated carbocycles. The molecule has 2 atom stereocenters. The fourth-order valence-electron chi connectivity index (χ4n) is 0.870. The van der Waals surface area contributed by atoms with E-state index < -0.39 is 6.04 Å². The molecule has 0 aliphatic rings. The van der Waals surface area contributed by atoms with Gasteiger partial charge in [-0.25, -0.2) is 0 Å². The Balaban J connectivity index is 3.94. The van der Waals surface area contributed by atoms with Gasteiger partial charge < -0.3 is 11.1 Å². The average molecular weight is 182 g/mol. The molecule has 3 N–H and O–H groups in total. The number of carbonyl (C=O) groups excluding carboxylic acids is 1. The molecule has 0 spiro atoms. The number of carbonyl (C=O) groups is 1. The molecule has 13 heavy (non-hydrogen) atoms. The van der Waals surface area contributed by atoms with E-state index >= 15 is 0 Å². The molecule has 0 aliphatic carbocycles. The first-order chi connectivity index (χ1) is 5.99. The molecule has 3 heteroatoms. The van der Waals surface area contributed by atoms with Crippen LogP contribution in [0.4, 0.5) is 0 Å². The standard InChI is InChI=1S/C10H18N2O/c1-5-6-8(4)12-10(13)9(11)7(2)3/h1,7-9H,6,11H2,2-4H3,(H,12,13)/t8?,9-/m1/s1. The monoisotopic (exact) mass is 182 g/mol. The van der Waals surface area contributed by atoms with E-state index in [9.17, 15) is 4.79 Å². The van der Waals surface area contributed by atoms with Crippen LogP contribution in [-0.4, -0.2) is 18.0 Å². The summed E-state index contributed by atoms with van der Waals surface area (Å²) in [6, 6.07) is -0.442. The number of hydrogen-bond donors (Lipinski definition) is 2. The smallest absolute Gasteiger partial charge is 0.237 e. The molecule has 0 heterocycles. The Morgan fingerprint density at radius 1 is 1.54 bits per heavy atom. The highest BCUT2D eigenvalue weighted by atomic mass is 16.2. The van der Waals surface area contributed by atoms with Crippen molar-refractivity contribution in [1.29, 1.82) is 0 Å². The normalized spacial score (nSPS) is 14.8. The Labute approximate surface area is 80.1 Å². The van der Waals surface area contributed by atoms with E-state index in [0.29, 0.717) is 6.42 Å². The Kier molecular flexibility index (Phi) is 5.17. The summed E-state index contributed by atoms with van der Waals surface area (Å²) >= 11 is 0. The predicted octanol–water partition coefficient (Wildman–Crippen LogP) is 0.498. The minimum atomic E-state index is -0.444. The number of terminal acetylenes is 1. The van der Waals surface area contributed by atoms with Crippen molar-refractivity contribution in [2.75, 3.05) is 0 Å². The van der Waals surface area contributed by atoms with E-state index in [1.165, 1.54) is 0 Å². The van der Waals surface area contributed by atoms with E-state index in [4.69, 9.17) is 12.2 Å². The molecule has 3 nitrogen and oxygen atoms in total. The third kappa shape index (κ3) is 4.54. The number of nitrogens with two attached hydrogens (primary N) is 1. The summed E-state index contributed by atoms with van der Waals surface area (Å²) in [7, 11) is 0. The molecule has 0 aromatic heterocycles. The van der Waals surface area contributed by atoms with Gasteiger partial charge >= 0.3 is 0 Å². The topological polar surface area (TPSA) is 55.1 Å². The van der Waals surface area contributed by atoms with Gasteiger partial charge in [-0.3, -0.25) is 4.79 Å². The van der Waals surface area contributed by atoms with Gasteiger partial charge in [0.1, 0.15) is 0 Å². The van der Waals surface area contributed by atoms with Gasteiger partial charge in [0.2, 0.25) is 5.91 Å². The van der Waals surface area contributed by atoms with Crippen molar-refractivity contribution in [3.8, 4) is 12.3 Å². The maximum absolute atomic E-state index is 11.4.